The summed E-state index contributed by atoms with van der Waals surface area (Å²) in [6.45, 7) is 0. The lowest BCUT2D eigenvalue weighted by Gasteiger charge is -1.67. The van der Waals surface area contributed by atoms with E-state index >= 15 is 0 Å². The van der Waals surface area contributed by atoms with Gasteiger partial charge in [0.05, 0.1) is 0 Å². The van der Waals surface area contributed by atoms with Crippen molar-refractivity contribution < 1.29 is 5.48 Å². The van der Waals surface area contributed by atoms with Crippen molar-refractivity contribution in [1.29, 1.82) is 0 Å². The molecule has 1 nitrogen and oxygen atoms in total. The zero-order chi connectivity index (χ0) is 3.54. The molecule has 43 valence electrons. The first kappa shape index (κ1) is 10.5. The summed E-state index contributed by atoms with van der Waals surface area (Å²) < 4.78 is 0. The molecule has 0 aromatic carbocycles. The molecule has 0 unspecified atom stereocenters. The van der Waals surface area contributed by atoms with Crippen LogP contribution in [0, 0.1) is 0 Å². The maximum atomic E-state index is 1.50. The van der Waals surface area contributed by atoms with Gasteiger partial charge < -0.3 is 5.48 Å². The number of hydrogen-bond donors (Lipinski definition) is 0. The first-order valence-electron chi connectivity index (χ1n) is 2.50. The fraction of sp³-hybridized carbons (Fsp3) is 1.00. The highest BCUT2D eigenvalue weighted by Gasteiger charge is 1.95. The Labute approximate surface area is 55.5 Å². The van der Waals surface area contributed by atoms with Crippen LogP contribution in [0.4, 0.5) is 0 Å². The molecule has 0 bridgehead atoms. The van der Waals surface area contributed by atoms with Gasteiger partial charge in [0.2, 0.25) is 0 Å². The topological polar surface area (TPSA) is 31.5 Å². The van der Waals surface area contributed by atoms with E-state index in [4.69, 9.17) is 0 Å². The van der Waals surface area contributed by atoms with Crippen LogP contribution in [0.15, 0.2) is 0 Å². The molecule has 0 spiro atoms. The molecule has 0 heterocycles. The Morgan fingerprint density at radius 3 is 0.857 bits per heavy atom. The van der Waals surface area contributed by atoms with Gasteiger partial charge in [-0.05, 0) is 0 Å². The monoisotopic (exact) mass is 117 g/mol. The van der Waals surface area contributed by atoms with Gasteiger partial charge in [-0.25, -0.2) is 0 Å². The van der Waals surface area contributed by atoms with Gasteiger partial charge in [-0.3, -0.25) is 0 Å². The molecule has 1 saturated carbocycles. The highest BCUT2D eigenvalue weighted by molar-refractivity contribution is 5.75. The molecule has 7 heavy (non-hydrogen) atoms. The second-order valence-corrected chi connectivity index (χ2v) is 1.77. The maximum Gasteiger partial charge on any atom is 0.146 e. The van der Waals surface area contributed by atoms with Gasteiger partial charge in [-0.2, -0.15) is 0 Å². The third-order valence-corrected chi connectivity index (χ3v) is 1.25. The van der Waals surface area contributed by atoms with E-state index in [9.17, 15) is 0 Å². The maximum absolute atomic E-state index is 1.50. The summed E-state index contributed by atoms with van der Waals surface area (Å²) >= 11 is 0. The Kier molecular flexibility index (Phi) is 9.71. The van der Waals surface area contributed by atoms with Crippen LogP contribution in [-0.4, -0.2) is 22.8 Å². The summed E-state index contributed by atoms with van der Waals surface area (Å²) in [6.07, 6.45) is 7.50. The minimum atomic E-state index is 0. The molecular weight excluding hydrogens is 103 g/mol. The average Bonchev–Trinajstić information content (AvgIpc) is 1.76. The minimum Gasteiger partial charge on any atom is -0.412 e. The van der Waals surface area contributed by atoms with Crippen molar-refractivity contribution in [3.8, 4) is 0 Å². The molecule has 1 radical (unpaired) electrons. The van der Waals surface area contributed by atoms with Crippen LogP contribution in [0.2, 0.25) is 0 Å². The van der Waals surface area contributed by atoms with Gasteiger partial charge in [0, 0.05) is 0 Å². The number of rotatable bonds is 0. The van der Waals surface area contributed by atoms with E-state index in [1.807, 2.05) is 0 Å². The minimum absolute atomic E-state index is 0. The van der Waals surface area contributed by atoms with Crippen molar-refractivity contribution in [2.75, 3.05) is 0 Å². The zero-order valence-electron chi connectivity index (χ0n) is 5.04. The molecule has 2 N–H and O–H groups in total. The third-order valence-electron chi connectivity index (χ3n) is 1.25. The quantitative estimate of drug-likeness (QED) is 0.406. The van der Waals surface area contributed by atoms with E-state index in [0.717, 1.165) is 0 Å². The Morgan fingerprint density at radius 2 is 0.714 bits per heavy atom. The summed E-state index contributed by atoms with van der Waals surface area (Å²) in [7, 11) is 0. The molecule has 1 aliphatic carbocycles. The van der Waals surface area contributed by atoms with Crippen molar-refractivity contribution in [3.63, 3.8) is 0 Å². The SMILES string of the molecule is C1CCCC1.O.[AlH2]. The Hall–Kier alpha value is 0.492. The predicted molar refractivity (Wildman–Crippen MR) is 35.2 cm³/mol. The molecule has 0 aromatic heterocycles. The van der Waals surface area contributed by atoms with Crippen molar-refractivity contribution >= 4 is 17.4 Å². The van der Waals surface area contributed by atoms with Crippen molar-refractivity contribution in [3.05, 3.63) is 0 Å². The van der Waals surface area contributed by atoms with Gasteiger partial charge in [-0.1, -0.05) is 32.1 Å². The Morgan fingerprint density at radius 1 is 0.571 bits per heavy atom. The van der Waals surface area contributed by atoms with Crippen LogP contribution >= 0.6 is 0 Å². The summed E-state index contributed by atoms with van der Waals surface area (Å²) in [5.74, 6) is 0. The van der Waals surface area contributed by atoms with E-state index in [0.29, 0.717) is 0 Å². The smallest absolute Gasteiger partial charge is 0.146 e. The number of hydrogen-bond acceptors (Lipinski definition) is 0. The van der Waals surface area contributed by atoms with Crippen molar-refractivity contribution in [1.82, 2.24) is 0 Å². The van der Waals surface area contributed by atoms with Crippen molar-refractivity contribution in [2.45, 2.75) is 32.1 Å². The summed E-state index contributed by atoms with van der Waals surface area (Å²) in [5, 5.41) is 0. The molecule has 1 fully saturated rings. The van der Waals surface area contributed by atoms with Crippen LogP contribution in [0.3, 0.4) is 0 Å². The Balaban J connectivity index is 0. The van der Waals surface area contributed by atoms with Crippen LogP contribution < -0.4 is 0 Å². The summed E-state index contributed by atoms with van der Waals surface area (Å²) in [5.41, 5.74) is 0. The van der Waals surface area contributed by atoms with E-state index in [1.54, 1.807) is 0 Å². The molecular formula is C5H14AlO. The van der Waals surface area contributed by atoms with Crippen molar-refractivity contribution in [2.24, 2.45) is 0 Å². The molecule has 1 rings (SSSR count). The molecule has 0 aliphatic heterocycles. The summed E-state index contributed by atoms with van der Waals surface area (Å²) in [4.78, 5) is 0. The van der Waals surface area contributed by atoms with Gasteiger partial charge in [0.25, 0.3) is 0 Å². The molecule has 0 atom stereocenters. The first-order chi connectivity index (χ1) is 2.50. The molecule has 0 aromatic rings. The van der Waals surface area contributed by atoms with E-state index in [-0.39, 0.29) is 22.8 Å². The lowest BCUT2D eigenvalue weighted by molar-refractivity contribution is 0.824. The van der Waals surface area contributed by atoms with Gasteiger partial charge in [0.15, 0.2) is 0 Å². The highest BCUT2D eigenvalue weighted by Crippen LogP contribution is 2.15. The van der Waals surface area contributed by atoms with Crippen LogP contribution in [0.25, 0.3) is 0 Å². The molecule has 1 aliphatic rings. The third kappa shape index (κ3) is 4.34. The standard InChI is InChI=1S/C5H10.Al.H2O.2H/c1-2-4-5-3-1;;;;/h1-5H2;;1H2;;. The molecule has 2 heteroatoms. The second kappa shape index (κ2) is 6.49. The van der Waals surface area contributed by atoms with Crippen LogP contribution in [-0.2, 0) is 0 Å². The van der Waals surface area contributed by atoms with E-state index in [1.165, 1.54) is 32.1 Å². The first-order valence-corrected chi connectivity index (χ1v) is 2.50. The van der Waals surface area contributed by atoms with Gasteiger partial charge >= 0.3 is 0 Å². The fourth-order valence-corrected chi connectivity index (χ4v) is 0.884. The average molecular weight is 117 g/mol. The van der Waals surface area contributed by atoms with E-state index < -0.39 is 0 Å². The van der Waals surface area contributed by atoms with Crippen LogP contribution in [0.1, 0.15) is 32.1 Å². The summed E-state index contributed by atoms with van der Waals surface area (Å²) in [6, 6.07) is 0. The molecule has 0 saturated heterocycles. The van der Waals surface area contributed by atoms with E-state index in [2.05, 4.69) is 0 Å². The fourth-order valence-electron chi connectivity index (χ4n) is 0.884. The molecule has 0 amide bonds. The zero-order valence-corrected chi connectivity index (χ0v) is 7.04. The van der Waals surface area contributed by atoms with Gasteiger partial charge in [0.1, 0.15) is 17.4 Å². The van der Waals surface area contributed by atoms with Crippen LogP contribution in [0.5, 0.6) is 0 Å². The van der Waals surface area contributed by atoms with Gasteiger partial charge in [-0.15, -0.1) is 0 Å². The Bertz CT molecular complexity index is 19.7. The normalized spacial score (nSPS) is 17.1. The lowest BCUT2D eigenvalue weighted by Crippen LogP contribution is -1.47. The highest BCUT2D eigenvalue weighted by atomic mass is 27.0. The second-order valence-electron chi connectivity index (χ2n) is 1.77. The largest absolute Gasteiger partial charge is 0.412 e. The predicted octanol–water partition coefficient (Wildman–Crippen LogP) is 0.210. The lowest BCUT2D eigenvalue weighted by atomic mass is 10.4.